The first-order chi connectivity index (χ1) is 9.02. The molecule has 1 aromatic rings. The van der Waals surface area contributed by atoms with E-state index in [1.807, 2.05) is 32.0 Å². The molecule has 106 valence electrons. The fourth-order valence-electron chi connectivity index (χ4n) is 1.98. The van der Waals surface area contributed by atoms with Crippen molar-refractivity contribution in [3.8, 4) is 0 Å². The first kappa shape index (κ1) is 14.8. The van der Waals surface area contributed by atoms with Crippen molar-refractivity contribution in [3.63, 3.8) is 0 Å². The molecule has 19 heavy (non-hydrogen) atoms. The number of methoxy groups -OCH3 is 1. The molecule has 0 atom stereocenters. The van der Waals surface area contributed by atoms with Gasteiger partial charge in [0.15, 0.2) is 5.79 Å². The van der Waals surface area contributed by atoms with Crippen molar-refractivity contribution in [2.75, 3.05) is 25.6 Å². The van der Waals surface area contributed by atoms with E-state index in [-0.39, 0.29) is 6.04 Å². The molecule has 0 bridgehead atoms. The number of hydrogen-bond acceptors (Lipinski definition) is 4. The first-order valence-electron chi connectivity index (χ1n) is 6.32. The monoisotopic (exact) mass is 329 g/mol. The molecule has 5 heteroatoms. The van der Waals surface area contributed by atoms with Crippen molar-refractivity contribution >= 4 is 21.6 Å². The zero-order chi connectivity index (χ0) is 13.9. The summed E-state index contributed by atoms with van der Waals surface area (Å²) in [6.45, 7) is 5.68. The van der Waals surface area contributed by atoms with E-state index in [0.29, 0.717) is 19.8 Å². The number of halogens is 1. The smallest absolute Gasteiger partial charge is 0.162 e. The van der Waals surface area contributed by atoms with Gasteiger partial charge in [0.2, 0.25) is 0 Å². The summed E-state index contributed by atoms with van der Waals surface area (Å²) < 4.78 is 17.6. The van der Waals surface area contributed by atoms with Gasteiger partial charge < -0.3 is 19.5 Å². The fourth-order valence-corrected chi connectivity index (χ4v) is 2.46. The summed E-state index contributed by atoms with van der Waals surface area (Å²) in [5, 5.41) is 3.45. The average Bonchev–Trinajstić information content (AvgIpc) is 2.36. The van der Waals surface area contributed by atoms with Crippen LogP contribution in [0.25, 0.3) is 0 Å². The molecule has 1 heterocycles. The summed E-state index contributed by atoms with van der Waals surface area (Å²) in [6, 6.07) is 6.20. The molecule has 4 nitrogen and oxygen atoms in total. The number of ether oxygens (including phenoxy) is 3. The summed E-state index contributed by atoms with van der Waals surface area (Å²) >= 11 is 3.55. The topological polar surface area (TPSA) is 39.7 Å². The van der Waals surface area contributed by atoms with Crippen LogP contribution in [-0.4, -0.2) is 32.2 Å². The lowest BCUT2D eigenvalue weighted by Gasteiger charge is -2.35. The highest BCUT2D eigenvalue weighted by Gasteiger charge is 2.28. The van der Waals surface area contributed by atoms with Gasteiger partial charge in [0.05, 0.1) is 25.9 Å². The first-order valence-corrected chi connectivity index (χ1v) is 7.12. The van der Waals surface area contributed by atoms with Crippen molar-refractivity contribution in [2.45, 2.75) is 32.3 Å². The minimum absolute atomic E-state index is 0.151. The average molecular weight is 330 g/mol. The van der Waals surface area contributed by atoms with E-state index in [1.54, 1.807) is 7.11 Å². The molecule has 1 fully saturated rings. The summed E-state index contributed by atoms with van der Waals surface area (Å²) in [7, 11) is 1.69. The number of anilines is 1. The van der Waals surface area contributed by atoms with Crippen LogP contribution in [-0.2, 0) is 20.8 Å². The molecule has 1 N–H and O–H groups in total. The van der Waals surface area contributed by atoms with E-state index >= 15 is 0 Å². The lowest BCUT2D eigenvalue weighted by molar-refractivity contribution is -0.247. The van der Waals surface area contributed by atoms with E-state index in [0.717, 1.165) is 15.7 Å². The molecule has 1 aliphatic rings. The zero-order valence-electron chi connectivity index (χ0n) is 11.5. The van der Waals surface area contributed by atoms with Gasteiger partial charge >= 0.3 is 0 Å². The Morgan fingerprint density at radius 3 is 2.68 bits per heavy atom. The number of hydrogen-bond donors (Lipinski definition) is 1. The van der Waals surface area contributed by atoms with Crippen LogP contribution in [0.4, 0.5) is 5.69 Å². The molecule has 0 spiro atoms. The highest BCUT2D eigenvalue weighted by Crippen LogP contribution is 2.27. The van der Waals surface area contributed by atoms with Crippen molar-refractivity contribution in [2.24, 2.45) is 0 Å². The molecule has 0 aliphatic carbocycles. The summed E-state index contributed by atoms with van der Waals surface area (Å²) in [6.07, 6.45) is 0. The Kier molecular flexibility index (Phi) is 4.84. The molecular formula is C14H20BrNO3. The van der Waals surface area contributed by atoms with Gasteiger partial charge in [-0.2, -0.15) is 0 Å². The largest absolute Gasteiger partial charge is 0.380 e. The van der Waals surface area contributed by atoms with E-state index in [2.05, 4.69) is 21.2 Å². The Morgan fingerprint density at radius 2 is 2.05 bits per heavy atom. The van der Waals surface area contributed by atoms with Crippen LogP contribution >= 0.6 is 15.9 Å². The Balaban J connectivity index is 2.05. The van der Waals surface area contributed by atoms with Crippen LogP contribution in [0.5, 0.6) is 0 Å². The number of nitrogens with one attached hydrogen (secondary N) is 1. The molecule has 0 saturated carbocycles. The third-order valence-electron chi connectivity index (χ3n) is 3.03. The molecule has 0 amide bonds. The lowest BCUT2D eigenvalue weighted by atomic mass is 10.1. The van der Waals surface area contributed by atoms with Gasteiger partial charge in [-0.1, -0.05) is 22.0 Å². The molecule has 2 rings (SSSR count). The van der Waals surface area contributed by atoms with Crippen LogP contribution in [0, 0.1) is 0 Å². The van der Waals surface area contributed by atoms with Gasteiger partial charge in [-0.05, 0) is 26.0 Å². The molecule has 0 aromatic heterocycles. The fraction of sp³-hybridized carbons (Fsp3) is 0.571. The van der Waals surface area contributed by atoms with E-state index in [4.69, 9.17) is 14.2 Å². The zero-order valence-corrected chi connectivity index (χ0v) is 13.1. The number of benzene rings is 1. The standard InChI is InChI=1S/C14H20BrNO3/c1-14(2)18-7-10(8-19-14)16-13-6-4-5-12(15)11(13)9-17-3/h4-6,10,16H,7-9H2,1-3H3. The highest BCUT2D eigenvalue weighted by atomic mass is 79.9. The lowest BCUT2D eigenvalue weighted by Crippen LogP contribution is -2.45. The molecule has 0 radical (unpaired) electrons. The van der Waals surface area contributed by atoms with Crippen LogP contribution < -0.4 is 5.32 Å². The molecule has 1 aliphatic heterocycles. The normalized spacial score (nSPS) is 19.4. The Bertz CT molecular complexity index is 427. The van der Waals surface area contributed by atoms with Gasteiger partial charge in [0.1, 0.15) is 0 Å². The Hall–Kier alpha value is -0.620. The van der Waals surface area contributed by atoms with Crippen molar-refractivity contribution in [3.05, 3.63) is 28.2 Å². The van der Waals surface area contributed by atoms with Gasteiger partial charge in [-0.3, -0.25) is 0 Å². The van der Waals surface area contributed by atoms with Crippen molar-refractivity contribution in [1.82, 2.24) is 0 Å². The molecule has 0 unspecified atom stereocenters. The maximum Gasteiger partial charge on any atom is 0.162 e. The maximum atomic E-state index is 5.65. The second kappa shape index (κ2) is 6.22. The second-order valence-electron chi connectivity index (χ2n) is 5.06. The third kappa shape index (κ3) is 3.92. The summed E-state index contributed by atoms with van der Waals surface area (Å²) in [4.78, 5) is 0. The van der Waals surface area contributed by atoms with Crippen LogP contribution in [0.3, 0.4) is 0 Å². The molecule has 1 saturated heterocycles. The van der Waals surface area contributed by atoms with Gasteiger partial charge in [0, 0.05) is 22.8 Å². The van der Waals surface area contributed by atoms with Gasteiger partial charge in [0.25, 0.3) is 0 Å². The summed E-state index contributed by atoms with van der Waals surface area (Å²) in [5.41, 5.74) is 2.16. The van der Waals surface area contributed by atoms with E-state index < -0.39 is 5.79 Å². The second-order valence-corrected chi connectivity index (χ2v) is 5.92. The quantitative estimate of drug-likeness (QED) is 0.921. The Labute approximate surface area is 122 Å². The highest BCUT2D eigenvalue weighted by molar-refractivity contribution is 9.10. The van der Waals surface area contributed by atoms with Crippen LogP contribution in [0.1, 0.15) is 19.4 Å². The maximum absolute atomic E-state index is 5.65. The van der Waals surface area contributed by atoms with Crippen LogP contribution in [0.15, 0.2) is 22.7 Å². The SMILES string of the molecule is COCc1c(Br)cccc1NC1COC(C)(C)OC1. The molecular weight excluding hydrogens is 310 g/mol. The van der Waals surface area contributed by atoms with Crippen LogP contribution in [0.2, 0.25) is 0 Å². The number of rotatable bonds is 4. The van der Waals surface area contributed by atoms with E-state index in [1.165, 1.54) is 0 Å². The Morgan fingerprint density at radius 1 is 1.37 bits per heavy atom. The molecule has 1 aromatic carbocycles. The minimum atomic E-state index is -0.481. The minimum Gasteiger partial charge on any atom is -0.380 e. The van der Waals surface area contributed by atoms with E-state index in [9.17, 15) is 0 Å². The van der Waals surface area contributed by atoms with Crippen molar-refractivity contribution < 1.29 is 14.2 Å². The van der Waals surface area contributed by atoms with Gasteiger partial charge in [-0.25, -0.2) is 0 Å². The summed E-state index contributed by atoms with van der Waals surface area (Å²) in [5.74, 6) is -0.481. The van der Waals surface area contributed by atoms with Gasteiger partial charge in [-0.15, -0.1) is 0 Å². The predicted molar refractivity (Wildman–Crippen MR) is 78.2 cm³/mol. The third-order valence-corrected chi connectivity index (χ3v) is 3.77. The van der Waals surface area contributed by atoms with Crippen molar-refractivity contribution in [1.29, 1.82) is 0 Å². The predicted octanol–water partition coefficient (Wildman–Crippen LogP) is 3.16.